The van der Waals surface area contributed by atoms with Crippen molar-refractivity contribution in [3.05, 3.63) is 17.9 Å². The maximum atomic E-state index is 13.1. The van der Waals surface area contributed by atoms with Gasteiger partial charge in [0.05, 0.1) is 0 Å². The number of sulfonamides is 1. The molecule has 1 N–H and O–H groups in total. The van der Waals surface area contributed by atoms with Gasteiger partial charge in [-0.25, -0.2) is 13.1 Å². The Bertz CT molecular complexity index is 794. The third-order valence-corrected chi connectivity index (χ3v) is 7.50. The van der Waals surface area contributed by atoms with Crippen molar-refractivity contribution in [2.45, 2.75) is 69.5 Å². The number of amides is 1. The molecule has 1 amide bonds. The second kappa shape index (κ2) is 6.09. The predicted octanol–water partition coefficient (Wildman–Crippen LogP) is 3.01. The van der Waals surface area contributed by atoms with Crippen LogP contribution in [-0.4, -0.2) is 37.4 Å². The number of nitrogens with zero attached hydrogens (tertiary/aromatic N) is 1. The summed E-state index contributed by atoms with van der Waals surface area (Å²) in [6, 6.07) is 3.15. The van der Waals surface area contributed by atoms with E-state index in [0.717, 1.165) is 31.2 Å². The van der Waals surface area contributed by atoms with Crippen LogP contribution in [0.15, 0.2) is 21.6 Å². The van der Waals surface area contributed by atoms with Crippen molar-refractivity contribution in [3.8, 4) is 0 Å². The standard InChI is InChI=1S/C19H28N2O4S/c1-19(2,3)20-26(23,24)17-5-4-16(25-17)18(22)21-11-14-7-12-6-13(8-14)10-15(21)9-12/h4-5,12-15,20H,6-11H2,1-3H3. The van der Waals surface area contributed by atoms with Gasteiger partial charge in [-0.3, -0.25) is 4.79 Å². The predicted molar refractivity (Wildman–Crippen MR) is 97.2 cm³/mol. The molecule has 4 aliphatic rings. The molecule has 5 rings (SSSR count). The molecule has 2 atom stereocenters. The summed E-state index contributed by atoms with van der Waals surface area (Å²) in [5.41, 5.74) is -0.612. The van der Waals surface area contributed by atoms with E-state index in [9.17, 15) is 13.2 Å². The molecule has 6 nitrogen and oxygen atoms in total. The minimum absolute atomic E-state index is 0.125. The molecular weight excluding hydrogens is 352 g/mol. The number of fused-ring (bicyclic) bond motifs is 1. The summed E-state index contributed by atoms with van der Waals surface area (Å²) >= 11 is 0. The monoisotopic (exact) mass is 380 g/mol. The van der Waals surface area contributed by atoms with Gasteiger partial charge in [0.15, 0.2) is 5.76 Å². The first-order chi connectivity index (χ1) is 12.1. The Balaban J connectivity index is 1.55. The lowest BCUT2D eigenvalue weighted by Gasteiger charge is -2.38. The van der Waals surface area contributed by atoms with Crippen molar-refractivity contribution < 1.29 is 17.6 Å². The highest BCUT2D eigenvalue weighted by Crippen LogP contribution is 2.47. The van der Waals surface area contributed by atoms with E-state index in [4.69, 9.17) is 4.42 Å². The van der Waals surface area contributed by atoms with Gasteiger partial charge in [0, 0.05) is 18.1 Å². The lowest BCUT2D eigenvalue weighted by molar-refractivity contribution is 0.0595. The fraction of sp³-hybridized carbons (Fsp3) is 0.737. The minimum atomic E-state index is -3.78. The lowest BCUT2D eigenvalue weighted by Crippen LogP contribution is -2.42. The van der Waals surface area contributed by atoms with Gasteiger partial charge in [0.1, 0.15) is 0 Å². The van der Waals surface area contributed by atoms with Crippen LogP contribution in [0, 0.1) is 17.8 Å². The normalized spacial score (nSPS) is 31.3. The Labute approximate surface area is 155 Å². The van der Waals surface area contributed by atoms with E-state index in [1.807, 2.05) is 4.90 Å². The maximum Gasteiger partial charge on any atom is 0.289 e. The quantitative estimate of drug-likeness (QED) is 0.874. The van der Waals surface area contributed by atoms with Crippen LogP contribution in [0.1, 0.15) is 63.4 Å². The topological polar surface area (TPSA) is 79.6 Å². The van der Waals surface area contributed by atoms with E-state index >= 15 is 0 Å². The third-order valence-electron chi connectivity index (χ3n) is 5.86. The summed E-state index contributed by atoms with van der Waals surface area (Å²) in [7, 11) is -3.78. The lowest BCUT2D eigenvalue weighted by atomic mass is 9.68. The van der Waals surface area contributed by atoms with E-state index < -0.39 is 15.6 Å². The molecule has 2 aliphatic carbocycles. The third kappa shape index (κ3) is 3.43. The molecule has 4 fully saturated rings. The second-order valence-electron chi connectivity index (χ2n) is 9.36. The van der Waals surface area contributed by atoms with E-state index in [1.165, 1.54) is 31.4 Å². The molecule has 1 aromatic rings. The molecule has 4 bridgehead atoms. The SMILES string of the molecule is CC(C)(C)NS(=O)(=O)c1ccc(C(=O)N2CC3CC4CC(C3)CC2C4)o1. The first-order valence-corrected chi connectivity index (χ1v) is 11.0. The van der Waals surface area contributed by atoms with Gasteiger partial charge in [-0.15, -0.1) is 0 Å². The molecule has 1 aromatic heterocycles. The van der Waals surface area contributed by atoms with Gasteiger partial charge >= 0.3 is 0 Å². The minimum Gasteiger partial charge on any atom is -0.438 e. The average Bonchev–Trinajstić information content (AvgIpc) is 2.91. The molecule has 0 aromatic carbocycles. The van der Waals surface area contributed by atoms with Crippen LogP contribution in [0.3, 0.4) is 0 Å². The molecule has 2 aliphatic heterocycles. The Kier molecular flexibility index (Phi) is 4.23. The number of hydrogen-bond donors (Lipinski definition) is 1. The highest BCUT2D eigenvalue weighted by molar-refractivity contribution is 7.89. The van der Waals surface area contributed by atoms with E-state index in [1.54, 1.807) is 20.8 Å². The van der Waals surface area contributed by atoms with Gasteiger partial charge in [-0.05, 0) is 82.8 Å². The highest BCUT2D eigenvalue weighted by atomic mass is 32.2. The van der Waals surface area contributed by atoms with Crippen LogP contribution >= 0.6 is 0 Å². The Morgan fingerprint density at radius 1 is 1.08 bits per heavy atom. The van der Waals surface area contributed by atoms with Crippen molar-refractivity contribution >= 4 is 15.9 Å². The van der Waals surface area contributed by atoms with E-state index in [2.05, 4.69) is 4.72 Å². The van der Waals surface area contributed by atoms with Crippen molar-refractivity contribution in [3.63, 3.8) is 0 Å². The zero-order valence-electron chi connectivity index (χ0n) is 15.7. The van der Waals surface area contributed by atoms with Crippen LogP contribution in [0.25, 0.3) is 0 Å². The fourth-order valence-corrected chi connectivity index (χ4v) is 6.56. The largest absolute Gasteiger partial charge is 0.438 e. The Morgan fingerprint density at radius 3 is 2.31 bits per heavy atom. The zero-order chi connectivity index (χ0) is 18.7. The Hall–Kier alpha value is -1.34. The van der Waals surface area contributed by atoms with Gasteiger partial charge in [-0.2, -0.15) is 0 Å². The number of rotatable bonds is 3. The van der Waals surface area contributed by atoms with E-state index in [0.29, 0.717) is 5.92 Å². The molecule has 0 radical (unpaired) electrons. The molecule has 26 heavy (non-hydrogen) atoms. The van der Waals surface area contributed by atoms with Gasteiger partial charge in [0.2, 0.25) is 5.09 Å². The summed E-state index contributed by atoms with van der Waals surface area (Å²) in [5, 5.41) is -0.198. The van der Waals surface area contributed by atoms with Gasteiger partial charge in [-0.1, -0.05) is 0 Å². The number of furan rings is 1. The molecular formula is C19H28N2O4S. The summed E-state index contributed by atoms with van der Waals surface area (Å²) in [4.78, 5) is 15.0. The number of carbonyl (C=O) groups is 1. The van der Waals surface area contributed by atoms with Crippen LogP contribution in [0.2, 0.25) is 0 Å². The van der Waals surface area contributed by atoms with Gasteiger partial charge < -0.3 is 9.32 Å². The Morgan fingerprint density at radius 2 is 1.69 bits per heavy atom. The molecule has 144 valence electrons. The molecule has 7 heteroatoms. The second-order valence-corrected chi connectivity index (χ2v) is 11.0. The van der Waals surface area contributed by atoms with Gasteiger partial charge in [0.25, 0.3) is 15.9 Å². The van der Waals surface area contributed by atoms with Crippen molar-refractivity contribution in [1.29, 1.82) is 0 Å². The smallest absolute Gasteiger partial charge is 0.289 e. The molecule has 2 saturated carbocycles. The molecule has 3 heterocycles. The number of carbonyl (C=O) groups excluding carboxylic acids is 1. The first kappa shape index (κ1) is 18.0. The summed E-state index contributed by atoms with van der Waals surface area (Å²) in [6.07, 6.45) is 5.93. The van der Waals surface area contributed by atoms with Crippen LogP contribution < -0.4 is 4.72 Å². The molecule has 2 unspecified atom stereocenters. The maximum absolute atomic E-state index is 13.1. The zero-order valence-corrected chi connectivity index (χ0v) is 16.5. The van der Waals surface area contributed by atoms with Crippen LogP contribution in [0.5, 0.6) is 0 Å². The van der Waals surface area contributed by atoms with E-state index in [-0.39, 0.29) is 22.8 Å². The van der Waals surface area contributed by atoms with Crippen LogP contribution in [0.4, 0.5) is 0 Å². The average molecular weight is 381 g/mol. The summed E-state index contributed by atoms with van der Waals surface area (Å²) in [6.45, 7) is 6.08. The highest BCUT2D eigenvalue weighted by Gasteiger charge is 2.44. The summed E-state index contributed by atoms with van der Waals surface area (Å²) < 4.78 is 32.9. The molecule has 0 spiro atoms. The first-order valence-electron chi connectivity index (χ1n) is 9.55. The fourth-order valence-electron chi connectivity index (χ4n) is 5.21. The summed E-state index contributed by atoms with van der Waals surface area (Å²) in [5.74, 6) is 2.04. The van der Waals surface area contributed by atoms with Crippen molar-refractivity contribution in [2.24, 2.45) is 17.8 Å². The number of nitrogens with one attached hydrogen (secondary N) is 1. The van der Waals surface area contributed by atoms with Crippen molar-refractivity contribution in [2.75, 3.05) is 6.54 Å². The number of hydrogen-bond acceptors (Lipinski definition) is 4. The molecule has 2 saturated heterocycles. The van der Waals surface area contributed by atoms with Crippen molar-refractivity contribution in [1.82, 2.24) is 9.62 Å². The van der Waals surface area contributed by atoms with Crippen LogP contribution in [-0.2, 0) is 10.0 Å².